The molecule has 0 bridgehead atoms. The van der Waals surface area contributed by atoms with Crippen molar-refractivity contribution in [3.63, 3.8) is 0 Å². The fraction of sp³-hybridized carbons (Fsp3) is 0.0714. The van der Waals surface area contributed by atoms with Crippen molar-refractivity contribution in [2.45, 2.75) is 6.92 Å². The maximum atomic E-state index is 12.3. The lowest BCUT2D eigenvalue weighted by Gasteiger charge is -1.95. The highest BCUT2D eigenvalue weighted by Crippen LogP contribution is 2.29. The number of hydrogen-bond acceptors (Lipinski definition) is 3. The Morgan fingerprint density at radius 2 is 1.95 bits per heavy atom. The van der Waals surface area contributed by atoms with E-state index in [1.807, 2.05) is 30.5 Å². The maximum Gasteiger partial charge on any atom is 0.238 e. The van der Waals surface area contributed by atoms with Gasteiger partial charge in [-0.3, -0.25) is 4.79 Å². The second kappa shape index (κ2) is 4.89. The average Bonchev–Trinajstić information content (AvgIpc) is 2.94. The average molecular weight is 400 g/mol. The van der Waals surface area contributed by atoms with Crippen molar-refractivity contribution >= 4 is 59.9 Å². The highest BCUT2D eigenvalue weighted by molar-refractivity contribution is 9.10. The highest BCUT2D eigenvalue weighted by atomic mass is 79.9. The predicted molar refractivity (Wildman–Crippen MR) is 84.1 cm³/mol. The van der Waals surface area contributed by atoms with Gasteiger partial charge in [-0.05, 0) is 52.7 Å². The second-order valence-electron chi connectivity index (χ2n) is 4.21. The van der Waals surface area contributed by atoms with Crippen LogP contribution in [0.4, 0.5) is 0 Å². The van der Waals surface area contributed by atoms with Gasteiger partial charge in [0, 0.05) is 19.7 Å². The lowest BCUT2D eigenvalue weighted by molar-refractivity contribution is 0.101. The first-order valence-corrected chi connectivity index (χ1v) is 7.99. The van der Waals surface area contributed by atoms with Crippen molar-refractivity contribution in [1.29, 1.82) is 0 Å². The van der Waals surface area contributed by atoms with Crippen molar-refractivity contribution in [2.24, 2.45) is 0 Å². The molecular weight excluding hydrogens is 392 g/mol. The fourth-order valence-corrected chi connectivity index (χ4v) is 3.91. The van der Waals surface area contributed by atoms with E-state index >= 15 is 0 Å². The van der Waals surface area contributed by atoms with Gasteiger partial charge in [-0.25, -0.2) is 0 Å². The van der Waals surface area contributed by atoms with Gasteiger partial charge in [0.25, 0.3) is 0 Å². The molecule has 0 saturated carbocycles. The molecule has 0 unspecified atom stereocenters. The minimum absolute atomic E-state index is 0.0811. The molecule has 0 radical (unpaired) electrons. The Balaban J connectivity index is 2.11. The van der Waals surface area contributed by atoms with Crippen LogP contribution in [-0.4, -0.2) is 5.78 Å². The molecule has 0 amide bonds. The molecule has 19 heavy (non-hydrogen) atoms. The zero-order valence-corrected chi connectivity index (χ0v) is 13.9. The van der Waals surface area contributed by atoms with Crippen LogP contribution in [0.1, 0.15) is 21.0 Å². The van der Waals surface area contributed by atoms with Crippen LogP contribution in [0.3, 0.4) is 0 Å². The Morgan fingerprint density at radius 1 is 1.16 bits per heavy atom. The summed E-state index contributed by atoms with van der Waals surface area (Å²) in [6.45, 7) is 1.96. The van der Waals surface area contributed by atoms with Gasteiger partial charge in [-0.15, -0.1) is 11.3 Å². The van der Waals surface area contributed by atoms with Crippen molar-refractivity contribution in [1.82, 2.24) is 0 Å². The van der Waals surface area contributed by atoms with Crippen molar-refractivity contribution in [2.75, 3.05) is 0 Å². The van der Waals surface area contributed by atoms with Crippen molar-refractivity contribution in [3.05, 3.63) is 54.8 Å². The monoisotopic (exact) mass is 398 g/mol. The van der Waals surface area contributed by atoms with Crippen LogP contribution < -0.4 is 0 Å². The van der Waals surface area contributed by atoms with Crippen LogP contribution >= 0.6 is 43.2 Å². The summed E-state index contributed by atoms with van der Waals surface area (Å²) in [7, 11) is 0. The number of halogens is 2. The molecule has 0 saturated heterocycles. The van der Waals surface area contributed by atoms with Crippen LogP contribution in [-0.2, 0) is 0 Å². The Hall–Kier alpha value is -0.910. The minimum Gasteiger partial charge on any atom is -0.452 e. The number of furan rings is 1. The molecule has 0 fully saturated rings. The number of aryl methyl sites for hydroxylation is 1. The van der Waals surface area contributed by atoms with Gasteiger partial charge < -0.3 is 4.42 Å². The van der Waals surface area contributed by atoms with Gasteiger partial charge in [-0.2, -0.15) is 0 Å². The first-order chi connectivity index (χ1) is 9.04. The quantitative estimate of drug-likeness (QED) is 0.528. The van der Waals surface area contributed by atoms with Crippen LogP contribution in [0, 0.1) is 6.92 Å². The molecular formula is C14H8Br2O2S. The summed E-state index contributed by atoms with van der Waals surface area (Å²) in [5.74, 6) is 0.299. The molecule has 2 nitrogen and oxygen atoms in total. The van der Waals surface area contributed by atoms with E-state index in [1.54, 1.807) is 6.07 Å². The van der Waals surface area contributed by atoms with Gasteiger partial charge in [0.05, 0.1) is 4.88 Å². The number of benzene rings is 1. The first-order valence-electron chi connectivity index (χ1n) is 5.53. The number of hydrogen-bond donors (Lipinski definition) is 0. The third-order valence-corrected chi connectivity index (χ3v) is 4.93. The normalized spacial score (nSPS) is 11.1. The lowest BCUT2D eigenvalue weighted by atomic mass is 10.1. The van der Waals surface area contributed by atoms with Crippen molar-refractivity contribution < 1.29 is 9.21 Å². The molecule has 3 rings (SSSR count). The number of rotatable bonds is 2. The minimum atomic E-state index is -0.0811. The van der Waals surface area contributed by atoms with Gasteiger partial charge in [-0.1, -0.05) is 15.9 Å². The molecule has 0 atom stereocenters. The molecule has 0 aliphatic heterocycles. The summed E-state index contributed by atoms with van der Waals surface area (Å²) in [6, 6.07) is 7.53. The largest absolute Gasteiger partial charge is 0.452 e. The zero-order chi connectivity index (χ0) is 13.6. The van der Waals surface area contributed by atoms with Crippen LogP contribution in [0.15, 0.2) is 43.0 Å². The lowest BCUT2D eigenvalue weighted by Crippen LogP contribution is -1.95. The van der Waals surface area contributed by atoms with E-state index in [2.05, 4.69) is 31.9 Å². The number of carbonyl (C=O) groups excluding carboxylic acids is 1. The topological polar surface area (TPSA) is 30.2 Å². The summed E-state index contributed by atoms with van der Waals surface area (Å²) < 4.78 is 7.60. The van der Waals surface area contributed by atoms with E-state index in [0.717, 1.165) is 25.5 Å². The summed E-state index contributed by atoms with van der Waals surface area (Å²) in [5, 5.41) is 2.82. The Morgan fingerprint density at radius 3 is 2.63 bits per heavy atom. The third-order valence-electron chi connectivity index (χ3n) is 2.78. The SMILES string of the molecule is Cc1cc(Br)cc2cc(C(=O)c3cc(Br)cs3)oc12. The number of ketones is 1. The van der Waals surface area contributed by atoms with E-state index in [0.29, 0.717) is 10.6 Å². The molecule has 0 N–H and O–H groups in total. The maximum absolute atomic E-state index is 12.3. The first kappa shape index (κ1) is 13.1. The van der Waals surface area contributed by atoms with E-state index < -0.39 is 0 Å². The van der Waals surface area contributed by atoms with E-state index in [9.17, 15) is 4.79 Å². The van der Waals surface area contributed by atoms with Gasteiger partial charge in [0.15, 0.2) is 5.76 Å². The fourth-order valence-electron chi connectivity index (χ4n) is 1.95. The van der Waals surface area contributed by atoms with Crippen LogP contribution in [0.2, 0.25) is 0 Å². The molecule has 0 aliphatic rings. The molecule has 2 aromatic heterocycles. The van der Waals surface area contributed by atoms with Crippen LogP contribution in [0.5, 0.6) is 0 Å². The standard InChI is InChI=1S/C14H8Br2O2S/c1-7-2-9(15)3-8-4-11(18-14(7)8)13(17)12-5-10(16)6-19-12/h2-6H,1H3. The number of thiophene rings is 1. The summed E-state index contributed by atoms with van der Waals surface area (Å²) in [6.07, 6.45) is 0. The highest BCUT2D eigenvalue weighted by Gasteiger charge is 2.17. The van der Waals surface area contributed by atoms with Gasteiger partial charge in [0.1, 0.15) is 5.58 Å². The molecule has 1 aromatic carbocycles. The molecule has 0 spiro atoms. The van der Waals surface area contributed by atoms with E-state index in [1.165, 1.54) is 11.3 Å². The smallest absolute Gasteiger partial charge is 0.238 e. The molecule has 5 heteroatoms. The molecule has 96 valence electrons. The zero-order valence-electron chi connectivity index (χ0n) is 9.87. The Kier molecular flexibility index (Phi) is 3.37. The van der Waals surface area contributed by atoms with Gasteiger partial charge in [0.2, 0.25) is 5.78 Å². The van der Waals surface area contributed by atoms with E-state index in [-0.39, 0.29) is 5.78 Å². The Labute approximate surface area is 130 Å². The third kappa shape index (κ3) is 2.42. The summed E-state index contributed by atoms with van der Waals surface area (Å²) in [5.41, 5.74) is 1.78. The molecule has 2 heterocycles. The molecule has 0 aliphatic carbocycles. The number of carbonyl (C=O) groups is 1. The number of fused-ring (bicyclic) bond motifs is 1. The van der Waals surface area contributed by atoms with Gasteiger partial charge >= 0.3 is 0 Å². The summed E-state index contributed by atoms with van der Waals surface area (Å²) >= 11 is 8.20. The van der Waals surface area contributed by atoms with Crippen molar-refractivity contribution in [3.8, 4) is 0 Å². The Bertz CT molecular complexity index is 786. The second-order valence-corrected chi connectivity index (χ2v) is 6.95. The summed E-state index contributed by atoms with van der Waals surface area (Å²) in [4.78, 5) is 13.0. The molecule has 3 aromatic rings. The van der Waals surface area contributed by atoms with Crippen LogP contribution in [0.25, 0.3) is 11.0 Å². The predicted octanol–water partition coefficient (Wildman–Crippen LogP) is 5.56. The van der Waals surface area contributed by atoms with E-state index in [4.69, 9.17) is 4.42 Å².